The van der Waals surface area contributed by atoms with Gasteiger partial charge in [0.05, 0.1) is 0 Å². The Labute approximate surface area is 151 Å². The average molecular weight is 366 g/mol. The molecule has 0 fully saturated rings. The van der Waals surface area contributed by atoms with Crippen molar-refractivity contribution in [1.82, 2.24) is 19.8 Å². The van der Waals surface area contributed by atoms with E-state index in [1.54, 1.807) is 16.6 Å². The van der Waals surface area contributed by atoms with E-state index in [9.17, 15) is 4.39 Å². The molecule has 0 atom stereocenters. The van der Waals surface area contributed by atoms with Crippen molar-refractivity contribution in [1.29, 1.82) is 0 Å². The highest BCUT2D eigenvalue weighted by Gasteiger charge is 2.18. The minimum absolute atomic E-state index is 0.225. The third-order valence-corrected chi connectivity index (χ3v) is 4.79. The van der Waals surface area contributed by atoms with E-state index >= 15 is 0 Å². The van der Waals surface area contributed by atoms with Crippen molar-refractivity contribution in [2.24, 2.45) is 0 Å². The number of nitrogens with zero attached hydrogens (tertiary/aromatic N) is 4. The number of rotatable bonds is 3. The molecule has 4 aromatic rings. The van der Waals surface area contributed by atoms with Crippen LogP contribution in [0.5, 0.6) is 11.5 Å². The van der Waals surface area contributed by atoms with Crippen molar-refractivity contribution in [2.45, 2.75) is 0 Å². The van der Waals surface area contributed by atoms with Crippen molar-refractivity contribution < 1.29 is 13.9 Å². The van der Waals surface area contributed by atoms with Gasteiger partial charge in [0.25, 0.3) is 0 Å². The monoisotopic (exact) mass is 366 g/mol. The molecular formula is C18H11FN4O2S. The largest absolute Gasteiger partial charge is 0.454 e. The lowest BCUT2D eigenvalue weighted by Gasteiger charge is -1.99. The first kappa shape index (κ1) is 15.0. The third kappa shape index (κ3) is 2.60. The quantitative estimate of drug-likeness (QED) is 0.550. The number of aromatic nitrogens is 4. The zero-order valence-corrected chi connectivity index (χ0v) is 14.1. The minimum Gasteiger partial charge on any atom is -0.454 e. The molecule has 0 N–H and O–H groups in total. The number of hydrogen-bond acceptors (Lipinski definition) is 6. The van der Waals surface area contributed by atoms with E-state index in [4.69, 9.17) is 9.47 Å². The first-order valence-electron chi connectivity index (χ1n) is 7.82. The zero-order valence-electron chi connectivity index (χ0n) is 13.3. The molecule has 0 spiro atoms. The summed E-state index contributed by atoms with van der Waals surface area (Å²) in [5, 5.41) is 13.7. The summed E-state index contributed by atoms with van der Waals surface area (Å²) < 4.78 is 25.4. The van der Waals surface area contributed by atoms with Crippen molar-refractivity contribution in [3.63, 3.8) is 0 Å². The Morgan fingerprint density at radius 3 is 2.73 bits per heavy atom. The molecule has 6 nitrogen and oxygen atoms in total. The molecule has 0 unspecified atom stereocenters. The fourth-order valence-electron chi connectivity index (χ4n) is 2.66. The van der Waals surface area contributed by atoms with E-state index in [1.165, 1.54) is 23.5 Å². The van der Waals surface area contributed by atoms with Crippen molar-refractivity contribution in [3.8, 4) is 22.9 Å². The van der Waals surface area contributed by atoms with Gasteiger partial charge < -0.3 is 9.47 Å². The number of benzene rings is 2. The van der Waals surface area contributed by atoms with E-state index in [0.717, 1.165) is 21.9 Å². The Balaban J connectivity index is 1.48. The van der Waals surface area contributed by atoms with E-state index in [1.807, 2.05) is 30.4 Å². The molecule has 5 rings (SSSR count). The Hall–Kier alpha value is -3.26. The molecule has 2 aromatic carbocycles. The van der Waals surface area contributed by atoms with Crippen molar-refractivity contribution in [3.05, 3.63) is 58.9 Å². The molecule has 0 bridgehead atoms. The summed E-state index contributed by atoms with van der Waals surface area (Å²) in [4.78, 5) is 0.691. The first-order chi connectivity index (χ1) is 12.8. The van der Waals surface area contributed by atoms with Crippen LogP contribution in [0, 0.1) is 5.82 Å². The normalized spacial score (nSPS) is 13.1. The maximum atomic E-state index is 13.0. The SMILES string of the molecule is Fc1ccc(/C=C/c2nn3c(-c4ccc5c(c4)OCO5)nnc3s2)cc1. The lowest BCUT2D eigenvalue weighted by molar-refractivity contribution is 0.174. The van der Waals surface area contributed by atoms with Crippen molar-refractivity contribution >= 4 is 28.4 Å². The highest BCUT2D eigenvalue weighted by Crippen LogP contribution is 2.35. The predicted molar refractivity (Wildman–Crippen MR) is 95.5 cm³/mol. The molecular weight excluding hydrogens is 355 g/mol. The maximum absolute atomic E-state index is 13.0. The fraction of sp³-hybridized carbons (Fsp3) is 0.0556. The predicted octanol–water partition coefficient (Wildman–Crippen LogP) is 3.89. The summed E-state index contributed by atoms with van der Waals surface area (Å²) >= 11 is 1.42. The molecule has 1 aliphatic rings. The van der Waals surface area contributed by atoms with Gasteiger partial charge in [-0.15, -0.1) is 10.2 Å². The van der Waals surface area contributed by atoms with Gasteiger partial charge in [-0.1, -0.05) is 29.5 Å². The van der Waals surface area contributed by atoms with Crippen LogP contribution >= 0.6 is 11.3 Å². The van der Waals surface area contributed by atoms with Gasteiger partial charge in [0.2, 0.25) is 11.8 Å². The number of hydrogen-bond donors (Lipinski definition) is 0. The summed E-state index contributed by atoms with van der Waals surface area (Å²) in [6, 6.07) is 11.9. The molecule has 8 heteroatoms. The van der Waals surface area contributed by atoms with Gasteiger partial charge in [0, 0.05) is 5.56 Å². The standard InChI is InChI=1S/C18H11FN4O2S/c19-13-5-1-11(2-6-13)3-8-16-22-23-17(20-21-18(23)26-16)12-4-7-14-15(9-12)25-10-24-14/h1-9H,10H2/b8-3+. The summed E-state index contributed by atoms with van der Waals surface area (Å²) in [5.41, 5.74) is 1.74. The van der Waals surface area contributed by atoms with Crippen LogP contribution in [0.25, 0.3) is 28.5 Å². The second-order valence-corrected chi connectivity index (χ2v) is 6.60. The third-order valence-electron chi connectivity index (χ3n) is 3.93. The van der Waals surface area contributed by atoms with Crippen LogP contribution in [0.4, 0.5) is 4.39 Å². The van der Waals surface area contributed by atoms with Crippen LogP contribution < -0.4 is 9.47 Å². The Kier molecular flexibility index (Phi) is 3.42. The highest BCUT2D eigenvalue weighted by atomic mass is 32.1. The Morgan fingerprint density at radius 2 is 1.85 bits per heavy atom. The van der Waals surface area contributed by atoms with Crippen LogP contribution in [-0.4, -0.2) is 26.6 Å². The van der Waals surface area contributed by atoms with Gasteiger partial charge in [0.1, 0.15) is 10.8 Å². The van der Waals surface area contributed by atoms with Crippen LogP contribution in [0.3, 0.4) is 0 Å². The summed E-state index contributed by atoms with van der Waals surface area (Å²) in [6.45, 7) is 0.225. The molecule has 26 heavy (non-hydrogen) atoms. The molecule has 2 aromatic heterocycles. The summed E-state index contributed by atoms with van der Waals surface area (Å²) in [7, 11) is 0. The lowest BCUT2D eigenvalue weighted by atomic mass is 10.2. The summed E-state index contributed by atoms with van der Waals surface area (Å²) in [6.07, 6.45) is 3.75. The van der Waals surface area contributed by atoms with Crippen LogP contribution in [-0.2, 0) is 0 Å². The second kappa shape index (κ2) is 5.92. The van der Waals surface area contributed by atoms with Gasteiger partial charge in [-0.2, -0.15) is 9.61 Å². The van der Waals surface area contributed by atoms with E-state index < -0.39 is 0 Å². The molecule has 0 radical (unpaired) electrons. The highest BCUT2D eigenvalue weighted by molar-refractivity contribution is 7.17. The minimum atomic E-state index is -0.255. The lowest BCUT2D eigenvalue weighted by Crippen LogP contribution is -1.93. The summed E-state index contributed by atoms with van der Waals surface area (Å²) in [5.74, 6) is 1.78. The molecule has 0 saturated heterocycles. The average Bonchev–Trinajstić information content (AvgIpc) is 3.35. The topological polar surface area (TPSA) is 61.5 Å². The van der Waals surface area contributed by atoms with Gasteiger partial charge in [-0.3, -0.25) is 0 Å². The number of fused-ring (bicyclic) bond motifs is 2. The van der Waals surface area contributed by atoms with Crippen LogP contribution in [0.1, 0.15) is 10.6 Å². The zero-order chi connectivity index (χ0) is 17.5. The molecule has 0 saturated carbocycles. The van der Waals surface area contributed by atoms with Crippen LogP contribution in [0.15, 0.2) is 42.5 Å². The second-order valence-electron chi connectivity index (χ2n) is 5.61. The number of ether oxygens (including phenoxy) is 2. The van der Waals surface area contributed by atoms with Crippen LogP contribution in [0.2, 0.25) is 0 Å². The molecule has 1 aliphatic heterocycles. The smallest absolute Gasteiger partial charge is 0.235 e. The fourth-order valence-corrected chi connectivity index (χ4v) is 3.40. The van der Waals surface area contributed by atoms with Gasteiger partial charge >= 0.3 is 0 Å². The van der Waals surface area contributed by atoms with Gasteiger partial charge in [0.15, 0.2) is 17.3 Å². The Bertz CT molecular complexity index is 1130. The molecule has 0 amide bonds. The van der Waals surface area contributed by atoms with E-state index in [-0.39, 0.29) is 12.6 Å². The number of halogens is 1. The van der Waals surface area contributed by atoms with E-state index in [2.05, 4.69) is 15.3 Å². The first-order valence-corrected chi connectivity index (χ1v) is 8.64. The van der Waals surface area contributed by atoms with Gasteiger partial charge in [-0.25, -0.2) is 4.39 Å². The van der Waals surface area contributed by atoms with E-state index in [0.29, 0.717) is 16.5 Å². The Morgan fingerprint density at radius 1 is 1.00 bits per heavy atom. The maximum Gasteiger partial charge on any atom is 0.235 e. The molecule has 3 heterocycles. The molecule has 128 valence electrons. The van der Waals surface area contributed by atoms with Crippen molar-refractivity contribution in [2.75, 3.05) is 6.79 Å². The molecule has 0 aliphatic carbocycles. The van der Waals surface area contributed by atoms with Gasteiger partial charge in [-0.05, 0) is 42.0 Å².